The summed E-state index contributed by atoms with van der Waals surface area (Å²) in [7, 11) is 1.34. The van der Waals surface area contributed by atoms with Crippen molar-refractivity contribution >= 4 is 27.8 Å². The number of aromatic amines is 1. The van der Waals surface area contributed by atoms with Crippen LogP contribution in [-0.2, 0) is 11.2 Å². The molecular formula is C22H20F3N3O3. The number of nitrogens with zero attached hydrogens (tertiary/aromatic N) is 2. The molecule has 0 unspecified atom stereocenters. The largest absolute Gasteiger partial charge is 0.494 e. The zero-order valence-corrected chi connectivity index (χ0v) is 17.0. The number of aliphatic carboxylic acids is 1. The quantitative estimate of drug-likeness (QED) is 0.448. The molecule has 0 amide bonds. The van der Waals surface area contributed by atoms with Crippen LogP contribution in [0.2, 0.25) is 0 Å². The summed E-state index contributed by atoms with van der Waals surface area (Å²) in [4.78, 5) is 11.2. The molecule has 2 aromatic heterocycles. The number of hydrogen-bond acceptors (Lipinski definition) is 3. The van der Waals surface area contributed by atoms with Crippen molar-refractivity contribution in [2.75, 3.05) is 7.11 Å². The Morgan fingerprint density at radius 1 is 1.29 bits per heavy atom. The molecule has 9 heteroatoms. The molecule has 0 radical (unpaired) electrons. The third-order valence-electron chi connectivity index (χ3n) is 5.32. The van der Waals surface area contributed by atoms with Crippen molar-refractivity contribution in [3.8, 4) is 11.4 Å². The Labute approximate surface area is 175 Å². The number of aromatic nitrogens is 3. The van der Waals surface area contributed by atoms with Crippen LogP contribution >= 0.6 is 0 Å². The number of carboxylic acids is 1. The van der Waals surface area contributed by atoms with Gasteiger partial charge in [-0.2, -0.15) is 13.9 Å². The number of hydrogen-bond donors (Lipinski definition) is 2. The van der Waals surface area contributed by atoms with Gasteiger partial charge in [-0.05, 0) is 35.7 Å². The second kappa shape index (κ2) is 7.33. The van der Waals surface area contributed by atoms with E-state index in [4.69, 9.17) is 9.84 Å². The molecule has 2 N–H and O–H groups in total. The van der Waals surface area contributed by atoms with Crippen LogP contribution in [-0.4, -0.2) is 38.9 Å². The average Bonchev–Trinajstić information content (AvgIpc) is 3.28. The standard InChI is InChI=1S/C22H20F3N3O3/c1-11(2)20-15(9-22(24,25)21(29)30)14-8-17-12(10-26-27-17)6-18(14)28(20)13-4-5-16(23)19(7-13)31-3/h4-8,10-11H,9H2,1-3H3,(H,26,27)(H,29,30). The number of rotatable bonds is 6. The van der Waals surface area contributed by atoms with E-state index in [1.165, 1.54) is 25.3 Å². The molecule has 2 aromatic carbocycles. The molecule has 0 fully saturated rings. The first kappa shape index (κ1) is 20.8. The number of methoxy groups -OCH3 is 1. The number of halogens is 3. The highest BCUT2D eigenvalue weighted by molar-refractivity contribution is 5.99. The van der Waals surface area contributed by atoms with E-state index < -0.39 is 24.1 Å². The zero-order chi connectivity index (χ0) is 22.5. The van der Waals surface area contributed by atoms with E-state index in [0.29, 0.717) is 27.8 Å². The molecule has 31 heavy (non-hydrogen) atoms. The fraction of sp³-hybridized carbons (Fsp3) is 0.273. The molecular weight excluding hydrogens is 411 g/mol. The molecule has 0 bridgehead atoms. The lowest BCUT2D eigenvalue weighted by Gasteiger charge is -2.18. The third-order valence-corrected chi connectivity index (χ3v) is 5.32. The van der Waals surface area contributed by atoms with Gasteiger partial charge in [-0.15, -0.1) is 0 Å². The second-order valence-electron chi connectivity index (χ2n) is 7.69. The number of ether oxygens (including phenoxy) is 1. The van der Waals surface area contributed by atoms with Gasteiger partial charge in [0, 0.05) is 28.2 Å². The van der Waals surface area contributed by atoms with Crippen molar-refractivity contribution in [1.82, 2.24) is 14.8 Å². The summed E-state index contributed by atoms with van der Waals surface area (Å²) < 4.78 is 49.6. The monoisotopic (exact) mass is 431 g/mol. The maximum Gasteiger partial charge on any atom is 0.374 e. The van der Waals surface area contributed by atoms with Gasteiger partial charge in [0.2, 0.25) is 0 Å². The van der Waals surface area contributed by atoms with Gasteiger partial charge in [0.15, 0.2) is 11.6 Å². The summed E-state index contributed by atoms with van der Waals surface area (Å²) in [6.45, 7) is 3.67. The Morgan fingerprint density at radius 2 is 2.03 bits per heavy atom. The predicted molar refractivity (Wildman–Crippen MR) is 110 cm³/mol. The van der Waals surface area contributed by atoms with Crippen LogP contribution in [0.3, 0.4) is 0 Å². The van der Waals surface area contributed by atoms with Crippen molar-refractivity contribution in [3.05, 3.63) is 53.6 Å². The lowest BCUT2D eigenvalue weighted by molar-refractivity contribution is -0.164. The Kier molecular flexibility index (Phi) is 4.91. The summed E-state index contributed by atoms with van der Waals surface area (Å²) in [5.41, 5.74) is 2.47. The maximum absolute atomic E-state index is 14.3. The first-order chi connectivity index (χ1) is 14.6. The second-order valence-corrected chi connectivity index (χ2v) is 7.69. The molecule has 0 spiro atoms. The van der Waals surface area contributed by atoms with Crippen LogP contribution in [0.4, 0.5) is 13.2 Å². The Balaban J connectivity index is 2.11. The van der Waals surface area contributed by atoms with Crippen molar-refractivity contribution in [2.24, 2.45) is 0 Å². The first-order valence-corrected chi connectivity index (χ1v) is 9.59. The molecule has 0 atom stereocenters. The fourth-order valence-electron chi connectivity index (χ4n) is 3.96. The van der Waals surface area contributed by atoms with E-state index in [0.717, 1.165) is 5.39 Å². The van der Waals surface area contributed by atoms with Crippen LogP contribution in [0.1, 0.15) is 31.0 Å². The normalized spacial score (nSPS) is 12.2. The smallest absolute Gasteiger partial charge is 0.374 e. The number of fused-ring (bicyclic) bond motifs is 2. The van der Waals surface area contributed by atoms with Gasteiger partial charge in [-0.25, -0.2) is 9.18 Å². The molecule has 0 saturated carbocycles. The summed E-state index contributed by atoms with van der Waals surface area (Å²) in [5.74, 6) is -6.92. The lowest BCUT2D eigenvalue weighted by atomic mass is 9.97. The average molecular weight is 431 g/mol. The molecule has 4 aromatic rings. The van der Waals surface area contributed by atoms with Crippen LogP contribution in [0.5, 0.6) is 5.75 Å². The van der Waals surface area contributed by atoms with E-state index in [9.17, 15) is 18.0 Å². The lowest BCUT2D eigenvalue weighted by Crippen LogP contribution is -2.31. The van der Waals surface area contributed by atoms with E-state index in [-0.39, 0.29) is 17.2 Å². The van der Waals surface area contributed by atoms with Crippen molar-refractivity contribution in [2.45, 2.75) is 32.1 Å². The molecule has 0 aliphatic heterocycles. The minimum absolute atomic E-state index is 0.0101. The minimum Gasteiger partial charge on any atom is -0.494 e. The number of H-pyrrole nitrogens is 1. The van der Waals surface area contributed by atoms with E-state index >= 15 is 0 Å². The van der Waals surface area contributed by atoms with Gasteiger partial charge in [-0.1, -0.05) is 13.8 Å². The number of nitrogens with one attached hydrogen (secondary N) is 1. The van der Waals surface area contributed by atoms with E-state index in [1.54, 1.807) is 22.9 Å². The molecule has 0 aliphatic carbocycles. The van der Waals surface area contributed by atoms with Crippen LogP contribution < -0.4 is 4.74 Å². The summed E-state index contributed by atoms with van der Waals surface area (Å²) >= 11 is 0. The summed E-state index contributed by atoms with van der Waals surface area (Å²) in [6, 6.07) is 7.74. The summed E-state index contributed by atoms with van der Waals surface area (Å²) in [6.07, 6.45) is 0.634. The number of carbonyl (C=O) groups is 1. The number of alkyl halides is 2. The van der Waals surface area contributed by atoms with Crippen LogP contribution in [0.25, 0.3) is 27.5 Å². The maximum atomic E-state index is 14.3. The first-order valence-electron chi connectivity index (χ1n) is 9.59. The molecule has 162 valence electrons. The topological polar surface area (TPSA) is 80.1 Å². The highest BCUT2D eigenvalue weighted by Gasteiger charge is 2.41. The zero-order valence-electron chi connectivity index (χ0n) is 17.0. The van der Waals surface area contributed by atoms with Crippen molar-refractivity contribution < 1.29 is 27.8 Å². The van der Waals surface area contributed by atoms with Gasteiger partial charge >= 0.3 is 11.9 Å². The Morgan fingerprint density at radius 3 is 2.68 bits per heavy atom. The molecule has 6 nitrogen and oxygen atoms in total. The highest BCUT2D eigenvalue weighted by Crippen LogP contribution is 2.39. The predicted octanol–water partition coefficient (Wildman–Crippen LogP) is 5.04. The van der Waals surface area contributed by atoms with Gasteiger partial charge in [0.05, 0.1) is 30.8 Å². The number of carboxylic acid groups (broad SMARTS) is 1. The van der Waals surface area contributed by atoms with Gasteiger partial charge < -0.3 is 14.4 Å². The van der Waals surface area contributed by atoms with E-state index in [2.05, 4.69) is 10.2 Å². The van der Waals surface area contributed by atoms with Gasteiger partial charge in [-0.3, -0.25) is 5.10 Å². The molecule has 4 rings (SSSR count). The van der Waals surface area contributed by atoms with E-state index in [1.807, 2.05) is 13.8 Å². The van der Waals surface area contributed by atoms with Gasteiger partial charge in [0.1, 0.15) is 0 Å². The Hall–Kier alpha value is -3.49. The molecule has 0 saturated heterocycles. The van der Waals surface area contributed by atoms with Crippen molar-refractivity contribution in [1.29, 1.82) is 0 Å². The minimum atomic E-state index is -3.95. The number of benzene rings is 2. The molecule has 0 aliphatic rings. The van der Waals surface area contributed by atoms with Gasteiger partial charge in [0.25, 0.3) is 0 Å². The highest BCUT2D eigenvalue weighted by atomic mass is 19.3. The fourth-order valence-corrected chi connectivity index (χ4v) is 3.96. The Bertz CT molecular complexity index is 1310. The summed E-state index contributed by atoms with van der Waals surface area (Å²) in [5, 5.41) is 17.1. The van der Waals surface area contributed by atoms with Crippen LogP contribution in [0.15, 0.2) is 36.5 Å². The SMILES string of the molecule is COc1cc(-n2c(C(C)C)c(CC(F)(F)C(=O)O)c3cc4[nH]ncc4cc32)ccc1F. The van der Waals surface area contributed by atoms with Crippen LogP contribution in [0, 0.1) is 5.82 Å². The van der Waals surface area contributed by atoms with Crippen molar-refractivity contribution in [3.63, 3.8) is 0 Å². The third kappa shape index (κ3) is 3.39. The molecule has 2 heterocycles.